The number of halogens is 1. The molecule has 0 saturated carbocycles. The fourth-order valence-corrected chi connectivity index (χ4v) is 2.43. The zero-order chi connectivity index (χ0) is 20.7. The molecule has 3 N–H and O–H groups in total. The minimum atomic E-state index is -1.18. The van der Waals surface area contributed by atoms with Gasteiger partial charge in [-0.1, -0.05) is 11.6 Å². The van der Waals surface area contributed by atoms with Gasteiger partial charge in [0.1, 0.15) is 17.4 Å². The molecule has 0 aliphatic carbocycles. The number of hydrogen-bond acceptors (Lipinski definition) is 6. The van der Waals surface area contributed by atoms with Crippen molar-refractivity contribution in [2.75, 3.05) is 19.0 Å². The predicted octanol–water partition coefficient (Wildman–Crippen LogP) is 3.06. The van der Waals surface area contributed by atoms with Crippen LogP contribution in [0.2, 0.25) is 5.02 Å². The number of amides is 1. The number of benzene rings is 2. The molecule has 9 heteroatoms. The Hall–Kier alpha value is -3.70. The van der Waals surface area contributed by atoms with Gasteiger partial charge in [-0.05, 0) is 48.0 Å². The molecule has 8 nitrogen and oxygen atoms in total. The SMILES string of the molecule is COc1cc(/C=C(\C#N)C(=O)Nc2ccc(O)cc2)cc(Cl)c1OCC(=O)O. The van der Waals surface area contributed by atoms with Gasteiger partial charge < -0.3 is 25.0 Å². The minimum absolute atomic E-state index is 0.0377. The lowest BCUT2D eigenvalue weighted by atomic mass is 10.1. The van der Waals surface area contributed by atoms with Crippen molar-refractivity contribution in [1.82, 2.24) is 0 Å². The molecule has 0 aliphatic heterocycles. The van der Waals surface area contributed by atoms with Crippen LogP contribution in [-0.4, -0.2) is 35.8 Å². The number of phenolic OH excluding ortho intramolecular Hbond substituents is 1. The van der Waals surface area contributed by atoms with Gasteiger partial charge >= 0.3 is 5.97 Å². The van der Waals surface area contributed by atoms with Gasteiger partial charge in [0.2, 0.25) is 0 Å². The van der Waals surface area contributed by atoms with Crippen LogP contribution in [0.25, 0.3) is 6.08 Å². The normalized spacial score (nSPS) is 10.7. The van der Waals surface area contributed by atoms with Crippen molar-refractivity contribution in [1.29, 1.82) is 5.26 Å². The lowest BCUT2D eigenvalue weighted by molar-refractivity contribution is -0.139. The van der Waals surface area contributed by atoms with Crippen LogP contribution in [0.15, 0.2) is 42.0 Å². The molecule has 0 heterocycles. The van der Waals surface area contributed by atoms with E-state index in [-0.39, 0.29) is 27.8 Å². The molecule has 0 atom stereocenters. The summed E-state index contributed by atoms with van der Waals surface area (Å²) in [7, 11) is 1.34. The molecule has 0 bridgehead atoms. The molecule has 0 aromatic heterocycles. The summed E-state index contributed by atoms with van der Waals surface area (Å²) in [5.41, 5.74) is 0.573. The van der Waals surface area contributed by atoms with Crippen LogP contribution in [0.4, 0.5) is 5.69 Å². The van der Waals surface area contributed by atoms with Gasteiger partial charge in [-0.3, -0.25) is 4.79 Å². The van der Waals surface area contributed by atoms with Crippen LogP contribution >= 0.6 is 11.6 Å². The van der Waals surface area contributed by atoms with Crippen LogP contribution in [-0.2, 0) is 9.59 Å². The first-order valence-electron chi connectivity index (χ1n) is 7.78. The number of nitrogens with one attached hydrogen (secondary N) is 1. The zero-order valence-electron chi connectivity index (χ0n) is 14.6. The van der Waals surface area contributed by atoms with Crippen LogP contribution in [0, 0.1) is 11.3 Å². The molecule has 0 unspecified atom stereocenters. The van der Waals surface area contributed by atoms with Crippen LogP contribution in [0.3, 0.4) is 0 Å². The first kappa shape index (κ1) is 20.6. The summed E-state index contributed by atoms with van der Waals surface area (Å²) < 4.78 is 10.2. The number of anilines is 1. The Labute approximate surface area is 165 Å². The number of ether oxygens (including phenoxy) is 2. The smallest absolute Gasteiger partial charge is 0.341 e. The van der Waals surface area contributed by atoms with Gasteiger partial charge in [0.25, 0.3) is 5.91 Å². The largest absolute Gasteiger partial charge is 0.508 e. The van der Waals surface area contributed by atoms with Gasteiger partial charge in [-0.25, -0.2) is 4.79 Å². The van der Waals surface area contributed by atoms with Crippen molar-refractivity contribution in [2.45, 2.75) is 0 Å². The number of carbonyl (C=O) groups is 2. The van der Waals surface area contributed by atoms with Crippen LogP contribution in [0.5, 0.6) is 17.2 Å². The van der Waals surface area contributed by atoms with Crippen molar-refractivity contribution < 1.29 is 29.3 Å². The van der Waals surface area contributed by atoms with E-state index in [1.165, 1.54) is 49.6 Å². The lowest BCUT2D eigenvalue weighted by Gasteiger charge is -2.12. The van der Waals surface area contributed by atoms with E-state index in [0.717, 1.165) is 0 Å². The number of carboxylic acid groups (broad SMARTS) is 1. The molecule has 1 amide bonds. The van der Waals surface area contributed by atoms with Gasteiger partial charge in [0.05, 0.1) is 12.1 Å². The second-order valence-corrected chi connectivity index (χ2v) is 5.79. The van der Waals surface area contributed by atoms with E-state index in [1.807, 2.05) is 0 Å². The van der Waals surface area contributed by atoms with Crippen LogP contribution < -0.4 is 14.8 Å². The highest BCUT2D eigenvalue weighted by Gasteiger charge is 2.15. The molecule has 144 valence electrons. The fraction of sp³-hybridized carbons (Fsp3) is 0.105. The van der Waals surface area contributed by atoms with E-state index in [2.05, 4.69) is 5.32 Å². The Morgan fingerprint density at radius 1 is 1.29 bits per heavy atom. The maximum Gasteiger partial charge on any atom is 0.341 e. The highest BCUT2D eigenvalue weighted by atomic mass is 35.5. The lowest BCUT2D eigenvalue weighted by Crippen LogP contribution is -2.13. The van der Waals surface area contributed by atoms with Gasteiger partial charge in [0, 0.05) is 5.69 Å². The van der Waals surface area contributed by atoms with Gasteiger partial charge in [-0.15, -0.1) is 0 Å². The average Bonchev–Trinajstić information content (AvgIpc) is 2.66. The molecule has 0 aliphatic rings. The second kappa shape index (κ2) is 9.30. The number of aromatic hydroxyl groups is 1. The number of aliphatic carboxylic acids is 1. The number of nitrogens with zero attached hydrogens (tertiary/aromatic N) is 1. The number of carbonyl (C=O) groups excluding carboxylic acids is 1. The summed E-state index contributed by atoms with van der Waals surface area (Å²) in [4.78, 5) is 23.0. The van der Waals surface area contributed by atoms with Crippen molar-refractivity contribution in [3.63, 3.8) is 0 Å². The Morgan fingerprint density at radius 3 is 2.54 bits per heavy atom. The third-order valence-electron chi connectivity index (χ3n) is 3.39. The van der Waals surface area contributed by atoms with E-state index in [0.29, 0.717) is 11.3 Å². The van der Waals surface area contributed by atoms with Gasteiger partial charge in [0.15, 0.2) is 18.1 Å². The fourth-order valence-electron chi connectivity index (χ4n) is 2.16. The molecule has 28 heavy (non-hydrogen) atoms. The quantitative estimate of drug-likeness (QED) is 0.368. The summed E-state index contributed by atoms with van der Waals surface area (Å²) in [5.74, 6) is -1.61. The average molecular weight is 403 g/mol. The predicted molar refractivity (Wildman–Crippen MR) is 101 cm³/mol. The molecule has 0 saturated heterocycles. The number of phenols is 1. The number of carboxylic acids is 1. The molecule has 0 fully saturated rings. The Balaban J connectivity index is 2.28. The maximum atomic E-state index is 12.3. The summed E-state index contributed by atoms with van der Waals surface area (Å²) in [5, 5.41) is 29.9. The monoisotopic (exact) mass is 402 g/mol. The number of hydrogen-bond donors (Lipinski definition) is 3. The summed E-state index contributed by atoms with van der Waals surface area (Å²) in [6.45, 7) is -0.607. The zero-order valence-corrected chi connectivity index (χ0v) is 15.4. The van der Waals surface area contributed by atoms with Crippen molar-refractivity contribution in [2.24, 2.45) is 0 Å². The van der Waals surface area contributed by atoms with Crippen molar-refractivity contribution >= 4 is 35.2 Å². The summed E-state index contributed by atoms with van der Waals surface area (Å²) in [6, 6.07) is 10.4. The third-order valence-corrected chi connectivity index (χ3v) is 3.67. The Morgan fingerprint density at radius 2 is 1.96 bits per heavy atom. The molecule has 0 spiro atoms. The first-order valence-corrected chi connectivity index (χ1v) is 8.16. The summed E-state index contributed by atoms with van der Waals surface area (Å²) in [6.07, 6.45) is 1.30. The van der Waals surface area contributed by atoms with Crippen molar-refractivity contribution in [3.05, 3.63) is 52.6 Å². The Bertz CT molecular complexity index is 964. The topological polar surface area (TPSA) is 129 Å². The molecular formula is C19H15ClN2O6. The Kier molecular flexibility index (Phi) is 6.84. The standard InChI is InChI=1S/C19H15ClN2O6/c1-27-16-8-11(7-15(20)18(16)28-10-17(24)25)6-12(9-21)19(26)22-13-2-4-14(23)5-3-13/h2-8,23H,10H2,1H3,(H,22,26)(H,24,25)/b12-6+. The van der Waals surface area contributed by atoms with E-state index in [9.17, 15) is 20.0 Å². The summed E-state index contributed by atoms with van der Waals surface area (Å²) >= 11 is 6.11. The van der Waals surface area contributed by atoms with E-state index < -0.39 is 18.5 Å². The van der Waals surface area contributed by atoms with E-state index in [1.54, 1.807) is 6.07 Å². The second-order valence-electron chi connectivity index (χ2n) is 5.39. The molecule has 2 rings (SSSR count). The van der Waals surface area contributed by atoms with Crippen molar-refractivity contribution in [3.8, 4) is 23.3 Å². The molecule has 0 radical (unpaired) electrons. The van der Waals surface area contributed by atoms with E-state index >= 15 is 0 Å². The van der Waals surface area contributed by atoms with Gasteiger partial charge in [-0.2, -0.15) is 5.26 Å². The first-order chi connectivity index (χ1) is 13.3. The third kappa shape index (κ3) is 5.40. The molecule has 2 aromatic rings. The minimum Gasteiger partial charge on any atom is -0.508 e. The number of rotatable bonds is 7. The maximum absolute atomic E-state index is 12.3. The number of methoxy groups -OCH3 is 1. The van der Waals surface area contributed by atoms with Crippen LogP contribution in [0.1, 0.15) is 5.56 Å². The molecular weight excluding hydrogens is 388 g/mol. The number of nitriles is 1. The highest BCUT2D eigenvalue weighted by molar-refractivity contribution is 6.32. The highest BCUT2D eigenvalue weighted by Crippen LogP contribution is 2.37. The molecule has 2 aromatic carbocycles. The van der Waals surface area contributed by atoms with E-state index in [4.69, 9.17) is 26.2 Å².